The molecule has 2 rings (SSSR count). The van der Waals surface area contributed by atoms with Crippen LogP contribution in [0.2, 0.25) is 5.02 Å². The predicted molar refractivity (Wildman–Crippen MR) is 95.7 cm³/mol. The van der Waals surface area contributed by atoms with Gasteiger partial charge in [0, 0.05) is 5.02 Å². The summed E-state index contributed by atoms with van der Waals surface area (Å²) in [4.78, 5) is 23.8. The van der Waals surface area contributed by atoms with Crippen molar-refractivity contribution in [3.05, 3.63) is 70.5 Å². The van der Waals surface area contributed by atoms with Crippen molar-refractivity contribution in [2.24, 2.45) is 0 Å². The molecule has 0 unspecified atom stereocenters. The van der Waals surface area contributed by atoms with Crippen LogP contribution in [-0.4, -0.2) is 31.2 Å². The fourth-order valence-electron chi connectivity index (χ4n) is 2.07. The fraction of sp³-hybridized carbons (Fsp3) is 0.158. The van der Waals surface area contributed by atoms with Gasteiger partial charge in [0.1, 0.15) is 12.4 Å². The second-order valence-corrected chi connectivity index (χ2v) is 6.02. The first kappa shape index (κ1) is 21.4. The molecule has 0 aliphatic heterocycles. The number of hydrogen-bond acceptors (Lipinski definition) is 3. The Kier molecular flexibility index (Phi) is 7.17. The predicted octanol–water partition coefficient (Wildman–Crippen LogP) is 4.24. The standard InChI is InChI=1S/C19H14ClF4NO3/c20-14-5-1-12(2-6-14)9-16(13-3-7-15(21)8-4-13)18(27)28-10-17(26)25-11-19(22,23)24/h1-9H,10-11H2,(H,25,26)/b16-9-. The molecule has 0 saturated heterocycles. The summed E-state index contributed by atoms with van der Waals surface area (Å²) < 4.78 is 54.3. The topological polar surface area (TPSA) is 55.4 Å². The van der Waals surface area contributed by atoms with E-state index in [2.05, 4.69) is 0 Å². The minimum absolute atomic E-state index is 0.00839. The normalized spacial score (nSPS) is 11.8. The molecule has 0 bridgehead atoms. The molecule has 0 aromatic heterocycles. The molecule has 0 aliphatic carbocycles. The van der Waals surface area contributed by atoms with Crippen molar-refractivity contribution in [3.63, 3.8) is 0 Å². The second-order valence-electron chi connectivity index (χ2n) is 5.58. The molecule has 1 amide bonds. The highest BCUT2D eigenvalue weighted by atomic mass is 35.5. The summed E-state index contributed by atoms with van der Waals surface area (Å²) in [6, 6.07) is 11.4. The molecule has 1 N–H and O–H groups in total. The van der Waals surface area contributed by atoms with Gasteiger partial charge in [0.15, 0.2) is 6.61 Å². The average Bonchev–Trinajstić information content (AvgIpc) is 2.64. The number of esters is 1. The van der Waals surface area contributed by atoms with E-state index in [1.165, 1.54) is 18.2 Å². The van der Waals surface area contributed by atoms with Crippen LogP contribution in [0.5, 0.6) is 0 Å². The van der Waals surface area contributed by atoms with E-state index in [9.17, 15) is 27.2 Å². The van der Waals surface area contributed by atoms with E-state index in [0.29, 0.717) is 16.1 Å². The number of nitrogens with one attached hydrogen (secondary N) is 1. The van der Waals surface area contributed by atoms with Gasteiger partial charge in [0.25, 0.3) is 5.91 Å². The first-order chi connectivity index (χ1) is 13.1. The zero-order chi connectivity index (χ0) is 20.7. The van der Waals surface area contributed by atoms with E-state index in [4.69, 9.17) is 16.3 Å². The molecule has 0 fully saturated rings. The fourth-order valence-corrected chi connectivity index (χ4v) is 2.20. The summed E-state index contributed by atoms with van der Waals surface area (Å²) in [6.45, 7) is -2.43. The van der Waals surface area contributed by atoms with Crippen molar-refractivity contribution >= 4 is 35.1 Å². The number of carbonyl (C=O) groups is 2. The smallest absolute Gasteiger partial charge is 0.405 e. The Bertz CT molecular complexity index is 862. The third-order valence-electron chi connectivity index (χ3n) is 3.38. The highest BCUT2D eigenvalue weighted by Gasteiger charge is 2.28. The zero-order valence-corrected chi connectivity index (χ0v) is 15.0. The monoisotopic (exact) mass is 415 g/mol. The lowest BCUT2D eigenvalue weighted by molar-refractivity contribution is -0.147. The molecule has 0 radical (unpaired) electrons. The van der Waals surface area contributed by atoms with Gasteiger partial charge in [0.05, 0.1) is 5.57 Å². The Morgan fingerprint density at radius 3 is 2.21 bits per heavy atom. The number of amides is 1. The molecule has 2 aromatic rings. The maximum atomic E-state index is 13.2. The zero-order valence-electron chi connectivity index (χ0n) is 14.2. The Morgan fingerprint density at radius 2 is 1.64 bits per heavy atom. The molecule has 28 heavy (non-hydrogen) atoms. The van der Waals surface area contributed by atoms with Crippen LogP contribution in [0.15, 0.2) is 48.5 Å². The van der Waals surface area contributed by atoms with Gasteiger partial charge in [-0.1, -0.05) is 35.9 Å². The van der Waals surface area contributed by atoms with Gasteiger partial charge < -0.3 is 10.1 Å². The summed E-state index contributed by atoms with van der Waals surface area (Å²) in [5.41, 5.74) is 0.866. The molecule has 0 spiro atoms. The SMILES string of the molecule is O=C(COC(=O)/C(=C\c1ccc(Cl)cc1)c1ccc(F)cc1)NCC(F)(F)F. The van der Waals surface area contributed by atoms with Crippen molar-refractivity contribution in [2.45, 2.75) is 6.18 Å². The van der Waals surface area contributed by atoms with Gasteiger partial charge in [-0.05, 0) is 41.5 Å². The van der Waals surface area contributed by atoms with E-state index in [0.717, 1.165) is 12.1 Å². The van der Waals surface area contributed by atoms with E-state index < -0.39 is 37.0 Å². The molecule has 2 aromatic carbocycles. The number of alkyl halides is 3. The molecular weight excluding hydrogens is 402 g/mol. The maximum absolute atomic E-state index is 13.2. The van der Waals surface area contributed by atoms with Crippen molar-refractivity contribution < 1.29 is 31.9 Å². The minimum Gasteiger partial charge on any atom is -0.452 e. The van der Waals surface area contributed by atoms with Crippen LogP contribution in [-0.2, 0) is 14.3 Å². The third kappa shape index (κ3) is 7.03. The molecule has 9 heteroatoms. The third-order valence-corrected chi connectivity index (χ3v) is 3.63. The molecule has 0 heterocycles. The maximum Gasteiger partial charge on any atom is 0.405 e. The van der Waals surface area contributed by atoms with Gasteiger partial charge >= 0.3 is 12.1 Å². The van der Waals surface area contributed by atoms with Crippen LogP contribution >= 0.6 is 11.6 Å². The highest BCUT2D eigenvalue weighted by Crippen LogP contribution is 2.21. The van der Waals surface area contributed by atoms with E-state index >= 15 is 0 Å². The summed E-state index contributed by atoms with van der Waals surface area (Å²) in [5.74, 6) is -2.58. The summed E-state index contributed by atoms with van der Waals surface area (Å²) >= 11 is 5.81. The van der Waals surface area contributed by atoms with Gasteiger partial charge in [0.2, 0.25) is 0 Å². The largest absolute Gasteiger partial charge is 0.452 e. The van der Waals surface area contributed by atoms with E-state index in [1.54, 1.807) is 29.6 Å². The lowest BCUT2D eigenvalue weighted by atomic mass is 10.0. The first-order valence-corrected chi connectivity index (χ1v) is 8.25. The van der Waals surface area contributed by atoms with Crippen molar-refractivity contribution in [3.8, 4) is 0 Å². The number of ether oxygens (including phenoxy) is 1. The van der Waals surface area contributed by atoms with E-state index in [1.807, 2.05) is 0 Å². The average molecular weight is 416 g/mol. The second kappa shape index (κ2) is 9.36. The number of halogens is 5. The Morgan fingerprint density at radius 1 is 1.04 bits per heavy atom. The van der Waals surface area contributed by atoms with Crippen molar-refractivity contribution in [1.82, 2.24) is 5.32 Å². The molecule has 4 nitrogen and oxygen atoms in total. The number of carbonyl (C=O) groups excluding carboxylic acids is 2. The Balaban J connectivity index is 2.16. The summed E-state index contributed by atoms with van der Waals surface area (Å²) in [6.07, 6.45) is -3.15. The molecular formula is C19H14ClF4NO3. The lowest BCUT2D eigenvalue weighted by Gasteiger charge is -2.11. The molecule has 0 saturated carbocycles. The van der Waals surface area contributed by atoms with Crippen molar-refractivity contribution in [1.29, 1.82) is 0 Å². The van der Waals surface area contributed by atoms with Crippen molar-refractivity contribution in [2.75, 3.05) is 13.2 Å². The Labute approximate surface area is 162 Å². The molecule has 148 valence electrons. The van der Waals surface area contributed by atoms with Crippen LogP contribution in [0.1, 0.15) is 11.1 Å². The van der Waals surface area contributed by atoms with Crippen LogP contribution in [0.25, 0.3) is 11.6 Å². The van der Waals surface area contributed by atoms with Gasteiger partial charge in [-0.15, -0.1) is 0 Å². The summed E-state index contributed by atoms with van der Waals surface area (Å²) in [5, 5.41) is 2.07. The quantitative estimate of drug-likeness (QED) is 0.332. The number of rotatable bonds is 6. The number of benzene rings is 2. The van der Waals surface area contributed by atoms with Crippen LogP contribution in [0.4, 0.5) is 17.6 Å². The van der Waals surface area contributed by atoms with Crippen LogP contribution < -0.4 is 5.32 Å². The van der Waals surface area contributed by atoms with E-state index in [-0.39, 0.29) is 5.57 Å². The lowest BCUT2D eigenvalue weighted by Crippen LogP contribution is -2.36. The van der Waals surface area contributed by atoms with Gasteiger partial charge in [-0.25, -0.2) is 9.18 Å². The molecule has 0 atom stereocenters. The number of hydrogen-bond donors (Lipinski definition) is 1. The summed E-state index contributed by atoms with van der Waals surface area (Å²) in [7, 11) is 0. The minimum atomic E-state index is -4.58. The van der Waals surface area contributed by atoms with Crippen LogP contribution in [0.3, 0.4) is 0 Å². The van der Waals surface area contributed by atoms with Crippen LogP contribution in [0, 0.1) is 5.82 Å². The molecule has 0 aliphatic rings. The Hall–Kier alpha value is -2.87. The van der Waals surface area contributed by atoms with Gasteiger partial charge in [-0.3, -0.25) is 4.79 Å². The van der Waals surface area contributed by atoms with Gasteiger partial charge in [-0.2, -0.15) is 13.2 Å². The first-order valence-electron chi connectivity index (χ1n) is 7.88. The highest BCUT2D eigenvalue weighted by molar-refractivity contribution is 6.30.